The number of anilines is 2. The molecule has 29 heavy (non-hydrogen) atoms. The van der Waals surface area contributed by atoms with Crippen molar-refractivity contribution in [3.8, 4) is 11.5 Å². The third-order valence-corrected chi connectivity index (χ3v) is 7.19. The van der Waals surface area contributed by atoms with Crippen LogP contribution in [0.5, 0.6) is 11.5 Å². The molecule has 2 heterocycles. The number of thiazole rings is 1. The van der Waals surface area contributed by atoms with Gasteiger partial charge in [-0.1, -0.05) is 18.3 Å². The van der Waals surface area contributed by atoms with Crippen LogP contribution in [0.1, 0.15) is 41.1 Å². The molecule has 0 radical (unpaired) electrons. The summed E-state index contributed by atoms with van der Waals surface area (Å²) in [5, 5.41) is 4.92. The molecular weight excluding hydrogens is 408 g/mol. The molecule has 1 aliphatic rings. The number of fused-ring (bicyclic) bond motifs is 2. The van der Waals surface area contributed by atoms with E-state index in [0.29, 0.717) is 29.0 Å². The number of ether oxygens (including phenoxy) is 3. The molecule has 154 valence electrons. The van der Waals surface area contributed by atoms with E-state index in [9.17, 15) is 4.79 Å². The molecule has 0 amide bonds. The number of carbonyl (C=O) groups excluding carboxylic acids is 1. The lowest BCUT2D eigenvalue weighted by atomic mass is 9.88. The number of hydrogen-bond donors (Lipinski definition) is 1. The molecule has 0 saturated carbocycles. The van der Waals surface area contributed by atoms with Crippen molar-refractivity contribution in [2.45, 2.75) is 33.1 Å². The summed E-state index contributed by atoms with van der Waals surface area (Å²) in [7, 11) is 3.25. The first-order valence-electron chi connectivity index (χ1n) is 9.65. The van der Waals surface area contributed by atoms with Crippen LogP contribution in [0.4, 0.5) is 10.1 Å². The molecule has 6 nitrogen and oxygen atoms in total. The zero-order chi connectivity index (χ0) is 20.5. The Morgan fingerprint density at radius 2 is 2.10 bits per heavy atom. The summed E-state index contributed by atoms with van der Waals surface area (Å²) in [4.78, 5) is 18.7. The molecule has 1 aromatic carbocycles. The van der Waals surface area contributed by atoms with Gasteiger partial charge in [-0.15, -0.1) is 11.3 Å². The van der Waals surface area contributed by atoms with Gasteiger partial charge in [-0.25, -0.2) is 9.78 Å². The zero-order valence-corrected chi connectivity index (χ0v) is 18.6. The summed E-state index contributed by atoms with van der Waals surface area (Å²) >= 11 is 3.14. The number of nitrogens with one attached hydrogen (secondary N) is 1. The van der Waals surface area contributed by atoms with Crippen LogP contribution in [-0.4, -0.2) is 31.8 Å². The van der Waals surface area contributed by atoms with Gasteiger partial charge in [0.2, 0.25) is 0 Å². The van der Waals surface area contributed by atoms with E-state index in [2.05, 4.69) is 12.2 Å². The third-order valence-electron chi connectivity index (χ3n) is 5.10. The number of nitrogens with zero attached hydrogens (tertiary/aromatic N) is 1. The molecule has 0 saturated heterocycles. The Morgan fingerprint density at radius 1 is 1.28 bits per heavy atom. The predicted molar refractivity (Wildman–Crippen MR) is 117 cm³/mol. The fraction of sp³-hybridized carbons (Fsp3) is 0.429. The highest BCUT2D eigenvalue weighted by molar-refractivity contribution is 7.23. The first-order valence-corrected chi connectivity index (χ1v) is 11.3. The maximum atomic E-state index is 12.7. The summed E-state index contributed by atoms with van der Waals surface area (Å²) < 4.78 is 17.1. The topological polar surface area (TPSA) is 69.7 Å². The number of thiophene rings is 1. The van der Waals surface area contributed by atoms with Crippen LogP contribution in [0.2, 0.25) is 0 Å². The van der Waals surface area contributed by atoms with Gasteiger partial charge >= 0.3 is 5.97 Å². The second-order valence-electron chi connectivity index (χ2n) is 7.10. The van der Waals surface area contributed by atoms with Crippen LogP contribution in [-0.2, 0) is 17.6 Å². The van der Waals surface area contributed by atoms with Crippen LogP contribution in [0, 0.1) is 5.92 Å². The maximum Gasteiger partial charge on any atom is 0.341 e. The zero-order valence-electron chi connectivity index (χ0n) is 17.0. The van der Waals surface area contributed by atoms with Gasteiger partial charge in [-0.2, -0.15) is 0 Å². The lowest BCUT2D eigenvalue weighted by Crippen LogP contribution is -2.14. The van der Waals surface area contributed by atoms with E-state index in [1.807, 2.05) is 19.1 Å². The number of esters is 1. The molecule has 0 spiro atoms. The van der Waals surface area contributed by atoms with E-state index in [0.717, 1.165) is 45.8 Å². The minimum absolute atomic E-state index is 0.262. The van der Waals surface area contributed by atoms with Crippen LogP contribution in [0.15, 0.2) is 12.1 Å². The Balaban J connectivity index is 1.75. The van der Waals surface area contributed by atoms with Crippen molar-refractivity contribution in [1.82, 2.24) is 4.98 Å². The summed E-state index contributed by atoms with van der Waals surface area (Å²) in [5.74, 6) is 1.75. The molecule has 3 aromatic rings. The van der Waals surface area contributed by atoms with Crippen molar-refractivity contribution < 1.29 is 19.0 Å². The Bertz CT molecular complexity index is 1060. The van der Waals surface area contributed by atoms with Gasteiger partial charge in [0.05, 0.1) is 31.1 Å². The van der Waals surface area contributed by atoms with Crippen molar-refractivity contribution in [2.24, 2.45) is 5.92 Å². The number of aromatic nitrogens is 1. The van der Waals surface area contributed by atoms with Gasteiger partial charge in [0.25, 0.3) is 0 Å². The lowest BCUT2D eigenvalue weighted by molar-refractivity contribution is 0.0526. The Morgan fingerprint density at radius 3 is 2.83 bits per heavy atom. The van der Waals surface area contributed by atoms with Crippen LogP contribution in [0.25, 0.3) is 10.2 Å². The van der Waals surface area contributed by atoms with Crippen molar-refractivity contribution >= 4 is 49.0 Å². The van der Waals surface area contributed by atoms with Gasteiger partial charge in [-0.3, -0.25) is 0 Å². The van der Waals surface area contributed by atoms with Crippen molar-refractivity contribution in [2.75, 3.05) is 26.1 Å². The highest BCUT2D eigenvalue weighted by Crippen LogP contribution is 2.43. The fourth-order valence-electron chi connectivity index (χ4n) is 3.66. The molecule has 1 unspecified atom stereocenters. The van der Waals surface area contributed by atoms with E-state index in [-0.39, 0.29) is 5.97 Å². The summed E-state index contributed by atoms with van der Waals surface area (Å²) in [6.45, 7) is 4.45. The smallest absolute Gasteiger partial charge is 0.341 e. The Kier molecular flexibility index (Phi) is 5.65. The van der Waals surface area contributed by atoms with E-state index >= 15 is 0 Å². The molecule has 2 aromatic heterocycles. The molecule has 0 fully saturated rings. The van der Waals surface area contributed by atoms with E-state index in [4.69, 9.17) is 19.2 Å². The second kappa shape index (κ2) is 8.20. The Hall–Kier alpha value is -2.32. The molecule has 1 aliphatic carbocycles. The number of methoxy groups -OCH3 is 2. The van der Waals surface area contributed by atoms with Gasteiger partial charge in [0.15, 0.2) is 5.13 Å². The number of hydrogen-bond acceptors (Lipinski definition) is 8. The van der Waals surface area contributed by atoms with Crippen molar-refractivity contribution in [3.63, 3.8) is 0 Å². The van der Waals surface area contributed by atoms with Crippen molar-refractivity contribution in [1.29, 1.82) is 0 Å². The lowest BCUT2D eigenvalue weighted by Gasteiger charge is -2.18. The Labute approximate surface area is 177 Å². The minimum Gasteiger partial charge on any atom is -0.497 e. The van der Waals surface area contributed by atoms with E-state index < -0.39 is 0 Å². The van der Waals surface area contributed by atoms with Crippen LogP contribution >= 0.6 is 22.7 Å². The highest BCUT2D eigenvalue weighted by Gasteiger charge is 2.29. The molecule has 1 atom stereocenters. The number of carbonyl (C=O) groups is 1. The first kappa shape index (κ1) is 20.0. The fourth-order valence-corrected chi connectivity index (χ4v) is 6.04. The van der Waals surface area contributed by atoms with Gasteiger partial charge in [0.1, 0.15) is 22.0 Å². The maximum absolute atomic E-state index is 12.7. The summed E-state index contributed by atoms with van der Waals surface area (Å²) in [6.07, 6.45) is 3.00. The molecule has 8 heteroatoms. The molecule has 0 bridgehead atoms. The highest BCUT2D eigenvalue weighted by atomic mass is 32.1. The van der Waals surface area contributed by atoms with Crippen molar-refractivity contribution in [3.05, 3.63) is 28.1 Å². The molecule has 1 N–H and O–H groups in total. The summed E-state index contributed by atoms with van der Waals surface area (Å²) in [6, 6.07) is 3.76. The quantitative estimate of drug-likeness (QED) is 0.525. The average molecular weight is 433 g/mol. The largest absolute Gasteiger partial charge is 0.497 e. The average Bonchev–Trinajstić information content (AvgIpc) is 3.27. The predicted octanol–water partition coefficient (Wildman–Crippen LogP) is 5.42. The van der Waals surface area contributed by atoms with Crippen LogP contribution < -0.4 is 14.8 Å². The molecule has 0 aliphatic heterocycles. The van der Waals surface area contributed by atoms with Crippen LogP contribution in [0.3, 0.4) is 0 Å². The van der Waals surface area contributed by atoms with E-state index in [1.165, 1.54) is 16.2 Å². The SMILES string of the molecule is CCOC(=O)c1c(Nc2nc3c(OC)cc(OC)cc3s2)sc2c1CCC(C)C2. The number of benzene rings is 1. The standard InChI is InChI=1S/C21H24N2O4S2/c1-5-27-20(24)17-13-7-6-11(2)8-15(13)28-19(17)23-21-22-18-14(26-4)9-12(25-3)10-16(18)29-21/h9-11H,5-8H2,1-4H3,(H,22,23). The number of rotatable bonds is 6. The van der Waals surface area contributed by atoms with E-state index in [1.54, 1.807) is 25.6 Å². The first-order chi connectivity index (χ1) is 14.0. The monoisotopic (exact) mass is 432 g/mol. The molecule has 4 rings (SSSR count). The molecular formula is C21H24N2O4S2. The third kappa shape index (κ3) is 3.79. The minimum atomic E-state index is -0.262. The summed E-state index contributed by atoms with van der Waals surface area (Å²) in [5.41, 5.74) is 2.57. The normalized spacial score (nSPS) is 15.8. The van der Waals surface area contributed by atoms with Gasteiger partial charge in [0, 0.05) is 10.9 Å². The van der Waals surface area contributed by atoms with Gasteiger partial charge in [-0.05, 0) is 43.7 Å². The second-order valence-corrected chi connectivity index (χ2v) is 9.23. The van der Waals surface area contributed by atoms with Gasteiger partial charge < -0.3 is 19.5 Å².